The zero-order chi connectivity index (χ0) is 105. The number of ether oxygens (including phenoxy) is 2. The molecule has 0 aliphatic rings. The number of benzene rings is 15. The van der Waals surface area contributed by atoms with Gasteiger partial charge in [0, 0.05) is 69.7 Å². The number of hydrogen-bond donors (Lipinski definition) is 2. The Morgan fingerprint density at radius 3 is 0.881 bits per heavy atom. The van der Waals surface area contributed by atoms with Gasteiger partial charge in [-0.15, -0.1) is 0 Å². The van der Waals surface area contributed by atoms with Crippen molar-refractivity contribution in [3.05, 3.63) is 561 Å². The van der Waals surface area contributed by atoms with Crippen molar-refractivity contribution in [2.75, 3.05) is 33.2 Å². The minimum Gasteiger partial charge on any atom is -0.508 e. The van der Waals surface area contributed by atoms with Gasteiger partial charge in [-0.2, -0.15) is 13.2 Å². The van der Waals surface area contributed by atoms with Crippen LogP contribution in [0, 0.1) is 144 Å². The predicted molar refractivity (Wildman–Crippen MR) is 614 cm³/mol. The number of aryl methyl sites for hydroxylation is 20. The normalized spacial score (nSPS) is 9.24. The summed E-state index contributed by atoms with van der Waals surface area (Å²) in [5.41, 5.74) is 24.8. The van der Waals surface area contributed by atoms with Gasteiger partial charge in [0.15, 0.2) is 0 Å². The average Bonchev–Trinajstić information content (AvgIpc) is 0.857. The summed E-state index contributed by atoms with van der Waals surface area (Å²) in [5.74, 6) is 2.35. The number of aromatic hydroxyl groups is 2. The smallest absolute Gasteiger partial charge is 0.416 e. The van der Waals surface area contributed by atoms with Crippen LogP contribution in [0.15, 0.2) is 413 Å². The lowest BCUT2D eigenvalue weighted by atomic mass is 10.1. The molecule has 0 amide bonds. The molecule has 2 aromatic heterocycles. The van der Waals surface area contributed by atoms with Gasteiger partial charge in [-0.1, -0.05) is 377 Å². The Hall–Kier alpha value is -13.2. The van der Waals surface area contributed by atoms with Crippen LogP contribution >= 0.6 is 58.0 Å². The van der Waals surface area contributed by atoms with E-state index in [2.05, 4.69) is 186 Å². The Kier molecular flexibility index (Phi) is 72.2. The quantitative estimate of drug-likeness (QED) is 0.170. The highest BCUT2D eigenvalue weighted by Crippen LogP contribution is 2.30. The van der Waals surface area contributed by atoms with Crippen molar-refractivity contribution >= 4 is 63.7 Å². The monoisotopic (exact) mass is 2030 g/mol. The molecule has 17 aromatic rings. The van der Waals surface area contributed by atoms with Crippen molar-refractivity contribution in [2.45, 2.75) is 160 Å². The number of phenolic OH excluding ortho intramolecular Hbond substituents is 2. The predicted octanol–water partition coefficient (Wildman–Crippen LogP) is 38.8. The third kappa shape index (κ3) is 71.8. The van der Waals surface area contributed by atoms with Gasteiger partial charge in [-0.3, -0.25) is 9.97 Å². The highest BCUT2D eigenvalue weighted by molar-refractivity contribution is 6.35. The summed E-state index contributed by atoms with van der Waals surface area (Å²) < 4.78 is 58.0. The first-order valence-corrected chi connectivity index (χ1v) is 47.5. The molecule has 0 fully saturated rings. The average molecular weight is 2040 g/mol. The van der Waals surface area contributed by atoms with Gasteiger partial charge in [0.1, 0.15) is 28.8 Å². The molecular formula is C127H150Cl5F4N3O4. The zero-order valence-electron chi connectivity index (χ0n) is 86.2. The third-order valence-electron chi connectivity index (χ3n) is 19.0. The van der Waals surface area contributed by atoms with E-state index < -0.39 is 11.7 Å². The van der Waals surface area contributed by atoms with Crippen LogP contribution < -0.4 is 14.4 Å². The number of halogens is 9. The largest absolute Gasteiger partial charge is 0.508 e. The summed E-state index contributed by atoms with van der Waals surface area (Å²) in [6.45, 7) is 40.4. The van der Waals surface area contributed by atoms with Crippen LogP contribution in [-0.4, -0.2) is 48.5 Å². The Morgan fingerprint density at radius 1 is 0.252 bits per heavy atom. The molecular weight excluding hydrogens is 1880 g/mol. The standard InChI is InChI=1S/C9H13N.C8H7F3.2C8H10O.3C8H10.C7H6Cl2.3C7H7Cl.C7H7F.2C7H8O.C7H8.2C6H7N.2CH4/c1-8-4-6-9(7-5-8)10(2)3;1-6-3-2-4-7(5-6)8(9,10)11;1-7-3-5-8(9-2)6-4-7;1-7-4-3-5-8(6-7)9-2;1-7-3-5-8(2)6-4-7;1-7-4-3-5-8(2)6-7;1-7-5-3-4-6-8(7)2;1-5-2-3-6(8)4-7(5)9;1-6-2-4-7(8)5-3-6;1-6-3-2-4-7(8)5-6;1-6-4-2-3-5-7(6)8;1-6-3-2-4-7(8)5-6;1-6-2-4-7(8)5-3-6;1-6-3-2-4-7(8)5-6;1-7-5-3-2-4-6-7;1-6-2-4-7-5-3-6;1-6-3-2-4-7-5-6;;/h4-7H,1-3H3;2-5H,1H3;2*3-6H,1-2H3;3*3-6H,1-2H3;2-4H,1H3;4*2-5H,1H3;2*2-5,8H,1H3;2-6H,1H3;2*2-5H,1H3;2*1H4. The fraction of sp³-hybridized carbons (Fsp3) is 0.213. The van der Waals surface area contributed by atoms with Crippen LogP contribution in [0.5, 0.6) is 23.0 Å². The van der Waals surface area contributed by atoms with Gasteiger partial charge in [-0.25, -0.2) is 4.39 Å². The van der Waals surface area contributed by atoms with Crippen molar-refractivity contribution in [1.82, 2.24) is 9.97 Å². The van der Waals surface area contributed by atoms with Crippen molar-refractivity contribution in [3.63, 3.8) is 0 Å². The molecule has 0 saturated carbocycles. The van der Waals surface area contributed by atoms with Crippen molar-refractivity contribution in [2.24, 2.45) is 0 Å². The van der Waals surface area contributed by atoms with E-state index in [-0.39, 0.29) is 20.7 Å². The number of rotatable bonds is 3. The number of hydrogen-bond acceptors (Lipinski definition) is 7. The highest BCUT2D eigenvalue weighted by Gasteiger charge is 2.30. The minimum atomic E-state index is -4.22. The van der Waals surface area contributed by atoms with E-state index >= 15 is 0 Å². The van der Waals surface area contributed by atoms with Crippen molar-refractivity contribution in [3.8, 4) is 23.0 Å². The maximum Gasteiger partial charge on any atom is 0.416 e. The van der Waals surface area contributed by atoms with Gasteiger partial charge in [-0.05, 0) is 334 Å². The first kappa shape index (κ1) is 132. The summed E-state index contributed by atoms with van der Waals surface area (Å²) in [5, 5.41) is 21.4. The maximum atomic E-state index is 12.2. The lowest BCUT2D eigenvalue weighted by Gasteiger charge is -2.11. The van der Waals surface area contributed by atoms with Gasteiger partial charge in [0.05, 0.1) is 19.8 Å². The zero-order valence-corrected chi connectivity index (χ0v) is 90.0. The molecule has 0 atom stereocenters. The Labute approximate surface area is 880 Å². The van der Waals surface area contributed by atoms with E-state index in [1.807, 2.05) is 296 Å². The second-order valence-electron chi connectivity index (χ2n) is 33.0. The Balaban J connectivity index is 0. The fourth-order valence-electron chi connectivity index (χ4n) is 10.6. The second-order valence-corrected chi connectivity index (χ2v) is 35.1. The molecule has 0 bridgehead atoms. The third-order valence-corrected chi connectivity index (χ3v) is 20.6. The Bertz CT molecular complexity index is 5520. The first-order valence-electron chi connectivity index (χ1n) is 45.6. The molecule has 7 nitrogen and oxygen atoms in total. The van der Waals surface area contributed by atoms with Gasteiger partial charge in [0.25, 0.3) is 0 Å². The molecule has 2 N–H and O–H groups in total. The molecule has 16 heteroatoms. The SMILES string of the molecule is C.C.COc1ccc(C)cc1.COc1cccc(C)c1.Cc1ccc(C)cc1.Cc1ccc(Cl)cc1.Cc1ccc(Cl)cc1Cl.Cc1ccc(N(C)C)cc1.Cc1ccc(O)cc1.Cc1cccc(C(F)(F)F)c1.Cc1cccc(C)c1.Cc1cccc(Cl)c1.Cc1cccc(F)c1.Cc1cccc(O)c1.Cc1ccccc1.Cc1ccccc1C.Cc1ccccc1Cl.Cc1cccnc1.Cc1ccncc1. The fourth-order valence-corrected chi connectivity index (χ4v) is 11.5. The maximum absolute atomic E-state index is 12.2. The number of pyridine rings is 2. The van der Waals surface area contributed by atoms with E-state index in [9.17, 15) is 17.6 Å². The molecule has 2 heterocycles. The van der Waals surface area contributed by atoms with Crippen molar-refractivity contribution in [1.29, 1.82) is 0 Å². The van der Waals surface area contributed by atoms with Gasteiger partial charge < -0.3 is 24.6 Å². The molecule has 143 heavy (non-hydrogen) atoms. The van der Waals surface area contributed by atoms with Gasteiger partial charge >= 0.3 is 6.18 Å². The Morgan fingerprint density at radius 2 is 0.601 bits per heavy atom. The summed E-state index contributed by atoms with van der Waals surface area (Å²) in [7, 11) is 7.44. The highest BCUT2D eigenvalue weighted by atomic mass is 35.5. The van der Waals surface area contributed by atoms with E-state index in [1.165, 1.54) is 107 Å². The van der Waals surface area contributed by atoms with E-state index in [1.54, 1.807) is 82.2 Å². The summed E-state index contributed by atoms with van der Waals surface area (Å²) in [6.07, 6.45) is 2.96. The topological polar surface area (TPSA) is 87.9 Å². The molecule has 0 saturated heterocycles. The first-order chi connectivity index (χ1) is 66.9. The number of anilines is 1. The summed E-state index contributed by atoms with van der Waals surface area (Å²) in [4.78, 5) is 9.83. The van der Waals surface area contributed by atoms with Crippen LogP contribution in [0.1, 0.15) is 132 Å². The number of aromatic nitrogens is 2. The summed E-state index contributed by atoms with van der Waals surface area (Å²) in [6, 6.07) is 123. The second kappa shape index (κ2) is 78.4. The van der Waals surface area contributed by atoms with Crippen molar-refractivity contribution < 1.29 is 37.2 Å². The minimum absolute atomic E-state index is 0. The molecule has 0 aliphatic carbocycles. The number of methoxy groups -OCH3 is 2. The molecule has 760 valence electrons. The summed E-state index contributed by atoms with van der Waals surface area (Å²) >= 11 is 28.3. The van der Waals surface area contributed by atoms with E-state index in [4.69, 9.17) is 77.7 Å². The van der Waals surface area contributed by atoms with E-state index in [0.29, 0.717) is 22.1 Å². The lowest BCUT2D eigenvalue weighted by molar-refractivity contribution is -0.137. The molecule has 17 rings (SSSR count). The van der Waals surface area contributed by atoms with E-state index in [0.717, 1.165) is 66.0 Å². The molecule has 15 aromatic carbocycles. The van der Waals surface area contributed by atoms with Crippen LogP contribution in [0.2, 0.25) is 25.1 Å². The van der Waals surface area contributed by atoms with Crippen LogP contribution in [-0.2, 0) is 6.18 Å². The number of nitrogens with zero attached hydrogens (tertiary/aromatic N) is 3. The molecule has 0 aliphatic heterocycles. The van der Waals surface area contributed by atoms with Crippen LogP contribution in [0.3, 0.4) is 0 Å². The van der Waals surface area contributed by atoms with Crippen LogP contribution in [0.25, 0.3) is 0 Å². The molecule has 0 spiro atoms. The lowest BCUT2D eigenvalue weighted by Crippen LogP contribution is -2.07. The van der Waals surface area contributed by atoms with Gasteiger partial charge in [0.2, 0.25) is 0 Å². The number of alkyl halides is 3. The molecule has 0 radical (unpaired) electrons. The van der Waals surface area contributed by atoms with Crippen LogP contribution in [0.4, 0.5) is 23.2 Å². The number of phenols is 2. The molecule has 0 unspecified atom stereocenters.